The van der Waals surface area contributed by atoms with Crippen LogP contribution in [0.1, 0.15) is 30.0 Å². The van der Waals surface area contributed by atoms with Crippen molar-refractivity contribution in [2.24, 2.45) is 5.73 Å². The third-order valence-electron chi connectivity index (χ3n) is 2.36. The molecule has 1 unspecified atom stereocenters. The Kier molecular flexibility index (Phi) is 4.38. The fraction of sp³-hybridized carbons (Fsp3) is 0.455. The second-order valence-electron chi connectivity index (χ2n) is 3.74. The second kappa shape index (κ2) is 5.19. The number of rotatable bonds is 3. The molecule has 1 aromatic rings. The van der Waals surface area contributed by atoms with Crippen molar-refractivity contribution in [3.63, 3.8) is 0 Å². The molecule has 0 bridgehead atoms. The Bertz CT molecular complexity index is 363. The van der Waals surface area contributed by atoms with E-state index in [-0.39, 0.29) is 6.42 Å². The number of hydrogen-bond acceptors (Lipinski definition) is 1. The van der Waals surface area contributed by atoms with E-state index in [0.717, 1.165) is 15.6 Å². The summed E-state index contributed by atoms with van der Waals surface area (Å²) in [5.41, 5.74) is 7.44. The van der Waals surface area contributed by atoms with Crippen LogP contribution < -0.4 is 5.73 Å². The molecule has 0 radical (unpaired) electrons. The van der Waals surface area contributed by atoms with Gasteiger partial charge in [-0.15, -0.1) is 0 Å². The van der Waals surface area contributed by atoms with Crippen molar-refractivity contribution in [2.75, 3.05) is 0 Å². The number of halogens is 4. The van der Waals surface area contributed by atoms with Gasteiger partial charge in [-0.3, -0.25) is 0 Å². The van der Waals surface area contributed by atoms with E-state index in [0.29, 0.717) is 0 Å². The Morgan fingerprint density at radius 3 is 2.56 bits per heavy atom. The van der Waals surface area contributed by atoms with E-state index in [1.165, 1.54) is 0 Å². The minimum atomic E-state index is -4.14. The molecular weight excluding hydrogens is 283 g/mol. The molecule has 0 fully saturated rings. The van der Waals surface area contributed by atoms with Crippen molar-refractivity contribution in [3.8, 4) is 0 Å². The van der Waals surface area contributed by atoms with E-state index in [4.69, 9.17) is 5.73 Å². The predicted octanol–water partition coefficient (Wildman–Crippen LogP) is 4.10. The van der Waals surface area contributed by atoms with Crippen LogP contribution in [0.4, 0.5) is 13.2 Å². The zero-order valence-corrected chi connectivity index (χ0v) is 10.4. The molecule has 0 heterocycles. The SMILES string of the molecule is Cc1cccc(C(N)CCC(F)(F)F)c1Br. The Morgan fingerprint density at radius 2 is 2.00 bits per heavy atom. The first kappa shape index (κ1) is 13.5. The minimum Gasteiger partial charge on any atom is -0.324 e. The maximum absolute atomic E-state index is 12.0. The summed E-state index contributed by atoms with van der Waals surface area (Å²) in [6, 6.07) is 4.83. The smallest absolute Gasteiger partial charge is 0.324 e. The molecule has 0 aliphatic heterocycles. The van der Waals surface area contributed by atoms with Gasteiger partial charge in [0.25, 0.3) is 0 Å². The van der Waals surface area contributed by atoms with Gasteiger partial charge >= 0.3 is 6.18 Å². The molecule has 2 N–H and O–H groups in total. The van der Waals surface area contributed by atoms with Crippen molar-refractivity contribution in [2.45, 2.75) is 32.0 Å². The van der Waals surface area contributed by atoms with E-state index in [1.54, 1.807) is 12.1 Å². The summed E-state index contributed by atoms with van der Waals surface area (Å²) in [7, 11) is 0. The Hall–Kier alpha value is -0.550. The summed E-state index contributed by atoms with van der Waals surface area (Å²) in [4.78, 5) is 0. The maximum atomic E-state index is 12.0. The zero-order chi connectivity index (χ0) is 12.3. The van der Waals surface area contributed by atoms with Crippen molar-refractivity contribution in [3.05, 3.63) is 33.8 Å². The first-order valence-electron chi connectivity index (χ1n) is 4.88. The number of alkyl halides is 3. The van der Waals surface area contributed by atoms with Gasteiger partial charge in [0.15, 0.2) is 0 Å². The molecule has 0 aliphatic rings. The number of benzene rings is 1. The van der Waals surface area contributed by atoms with E-state index in [1.807, 2.05) is 13.0 Å². The van der Waals surface area contributed by atoms with Crippen LogP contribution in [0.25, 0.3) is 0 Å². The van der Waals surface area contributed by atoms with Crippen LogP contribution in [-0.2, 0) is 0 Å². The van der Waals surface area contributed by atoms with Crippen molar-refractivity contribution >= 4 is 15.9 Å². The van der Waals surface area contributed by atoms with Crippen molar-refractivity contribution in [1.82, 2.24) is 0 Å². The van der Waals surface area contributed by atoms with Crippen molar-refractivity contribution in [1.29, 1.82) is 0 Å². The molecule has 16 heavy (non-hydrogen) atoms. The molecule has 0 saturated heterocycles. The third kappa shape index (κ3) is 3.79. The van der Waals surface area contributed by atoms with E-state index < -0.39 is 18.6 Å². The van der Waals surface area contributed by atoms with Gasteiger partial charge in [0, 0.05) is 16.9 Å². The van der Waals surface area contributed by atoms with Crippen LogP contribution in [0, 0.1) is 6.92 Å². The first-order chi connectivity index (χ1) is 7.31. The average Bonchev–Trinajstić information content (AvgIpc) is 2.17. The number of hydrogen-bond donors (Lipinski definition) is 1. The lowest BCUT2D eigenvalue weighted by molar-refractivity contribution is -0.136. The minimum absolute atomic E-state index is 0.0917. The third-order valence-corrected chi connectivity index (χ3v) is 3.44. The quantitative estimate of drug-likeness (QED) is 0.893. The van der Waals surface area contributed by atoms with Gasteiger partial charge < -0.3 is 5.73 Å². The molecule has 1 nitrogen and oxygen atoms in total. The predicted molar refractivity (Wildman–Crippen MR) is 61.1 cm³/mol. The van der Waals surface area contributed by atoms with E-state index >= 15 is 0 Å². The molecule has 1 atom stereocenters. The molecule has 0 aromatic heterocycles. The highest BCUT2D eigenvalue weighted by atomic mass is 79.9. The van der Waals surface area contributed by atoms with E-state index in [2.05, 4.69) is 15.9 Å². The highest BCUT2D eigenvalue weighted by Gasteiger charge is 2.28. The Balaban J connectivity index is 2.73. The molecule has 1 rings (SSSR count). The topological polar surface area (TPSA) is 26.0 Å². The monoisotopic (exact) mass is 295 g/mol. The highest BCUT2D eigenvalue weighted by molar-refractivity contribution is 9.10. The number of nitrogens with two attached hydrogens (primary N) is 1. The van der Waals surface area contributed by atoms with Gasteiger partial charge in [0.2, 0.25) is 0 Å². The van der Waals surface area contributed by atoms with Gasteiger partial charge in [-0.2, -0.15) is 13.2 Å². The van der Waals surface area contributed by atoms with Gasteiger partial charge in [-0.25, -0.2) is 0 Å². The fourth-order valence-corrected chi connectivity index (χ4v) is 1.99. The van der Waals surface area contributed by atoms with Crippen LogP contribution in [0.15, 0.2) is 22.7 Å². The fourth-order valence-electron chi connectivity index (χ4n) is 1.43. The summed E-state index contributed by atoms with van der Waals surface area (Å²) >= 11 is 3.34. The lowest BCUT2D eigenvalue weighted by atomic mass is 10.0. The lowest BCUT2D eigenvalue weighted by Crippen LogP contribution is -2.16. The van der Waals surface area contributed by atoms with Crippen LogP contribution in [0.5, 0.6) is 0 Å². The van der Waals surface area contributed by atoms with Gasteiger partial charge in [0.1, 0.15) is 0 Å². The van der Waals surface area contributed by atoms with Crippen LogP contribution in [-0.4, -0.2) is 6.18 Å². The molecule has 90 valence electrons. The molecule has 0 spiro atoms. The largest absolute Gasteiger partial charge is 0.389 e. The molecular formula is C11H13BrF3N. The summed E-state index contributed by atoms with van der Waals surface area (Å²) in [5.74, 6) is 0. The molecule has 5 heteroatoms. The summed E-state index contributed by atoms with van der Waals surface area (Å²) < 4.78 is 36.9. The van der Waals surface area contributed by atoms with Gasteiger partial charge in [0.05, 0.1) is 0 Å². The van der Waals surface area contributed by atoms with Crippen LogP contribution >= 0.6 is 15.9 Å². The highest BCUT2D eigenvalue weighted by Crippen LogP contribution is 2.31. The standard InChI is InChI=1S/C11H13BrF3N/c1-7-3-2-4-8(10(7)12)9(16)5-6-11(13,14)15/h2-4,9H,5-6,16H2,1H3. The second-order valence-corrected chi connectivity index (χ2v) is 4.53. The first-order valence-corrected chi connectivity index (χ1v) is 5.68. The van der Waals surface area contributed by atoms with Crippen LogP contribution in [0.3, 0.4) is 0 Å². The molecule has 0 amide bonds. The molecule has 0 aliphatic carbocycles. The summed E-state index contributed by atoms with van der Waals surface area (Å²) in [5, 5.41) is 0. The Morgan fingerprint density at radius 1 is 1.38 bits per heavy atom. The van der Waals surface area contributed by atoms with Crippen LogP contribution in [0.2, 0.25) is 0 Å². The van der Waals surface area contributed by atoms with Crippen molar-refractivity contribution < 1.29 is 13.2 Å². The maximum Gasteiger partial charge on any atom is 0.389 e. The average molecular weight is 296 g/mol. The lowest BCUT2D eigenvalue weighted by Gasteiger charge is -2.16. The van der Waals surface area contributed by atoms with Gasteiger partial charge in [-0.1, -0.05) is 34.1 Å². The zero-order valence-electron chi connectivity index (χ0n) is 8.81. The normalized spacial score (nSPS) is 13.9. The van der Waals surface area contributed by atoms with E-state index in [9.17, 15) is 13.2 Å². The Labute approximate surface area is 101 Å². The summed E-state index contributed by atoms with van der Waals surface area (Å²) in [6.45, 7) is 1.88. The summed E-state index contributed by atoms with van der Waals surface area (Å²) in [6.07, 6.45) is -5.09. The molecule has 0 saturated carbocycles. The number of aryl methyl sites for hydroxylation is 1. The molecule has 1 aromatic carbocycles. The van der Waals surface area contributed by atoms with Gasteiger partial charge in [-0.05, 0) is 24.5 Å².